The highest BCUT2D eigenvalue weighted by molar-refractivity contribution is 8.41. The SMILES string of the molecule is CCC(C)(C)C(=O)CC[C@H]1C(O)CC(=O)C1CCCCCCCCC(=O)OP(P)P. The predicted molar refractivity (Wildman–Crippen MR) is 130 cm³/mol. The highest BCUT2D eigenvalue weighted by Crippen LogP contribution is 2.53. The van der Waals surface area contributed by atoms with E-state index in [2.05, 4.69) is 17.9 Å². The molecule has 1 N–H and O–H groups in total. The third-order valence-electron chi connectivity index (χ3n) is 6.53. The van der Waals surface area contributed by atoms with Gasteiger partial charge < -0.3 is 9.63 Å². The second-order valence-electron chi connectivity index (χ2n) is 9.19. The molecule has 0 amide bonds. The van der Waals surface area contributed by atoms with E-state index >= 15 is 0 Å². The van der Waals surface area contributed by atoms with Crippen LogP contribution >= 0.6 is 25.4 Å². The molecular weight excluding hydrogens is 437 g/mol. The molecule has 0 spiro atoms. The minimum Gasteiger partial charge on any atom is -0.437 e. The summed E-state index contributed by atoms with van der Waals surface area (Å²) in [6.45, 7) is 5.95. The quantitative estimate of drug-likeness (QED) is 0.231. The molecule has 174 valence electrons. The van der Waals surface area contributed by atoms with E-state index in [1.54, 1.807) is 0 Å². The molecule has 0 aromatic carbocycles. The van der Waals surface area contributed by atoms with Gasteiger partial charge in [-0.05, 0) is 31.6 Å². The molecule has 0 bridgehead atoms. The van der Waals surface area contributed by atoms with E-state index in [4.69, 9.17) is 4.52 Å². The second-order valence-corrected chi connectivity index (χ2v) is 14.9. The highest BCUT2D eigenvalue weighted by Gasteiger charge is 2.41. The Labute approximate surface area is 188 Å². The fraction of sp³-hybridized carbons (Fsp3) is 0.864. The molecular formula is C22H41O5P3. The Morgan fingerprint density at radius 2 is 1.67 bits per heavy atom. The first kappa shape index (κ1) is 28.1. The van der Waals surface area contributed by atoms with Gasteiger partial charge in [0, 0.05) is 30.6 Å². The van der Waals surface area contributed by atoms with Crippen molar-refractivity contribution in [1.29, 1.82) is 0 Å². The smallest absolute Gasteiger partial charge is 0.309 e. The number of rotatable bonds is 15. The fourth-order valence-electron chi connectivity index (χ4n) is 4.12. The summed E-state index contributed by atoms with van der Waals surface area (Å²) in [6, 6.07) is 0. The Kier molecular flexibility index (Phi) is 13.4. The number of hydrogen-bond acceptors (Lipinski definition) is 5. The van der Waals surface area contributed by atoms with E-state index in [0.29, 0.717) is 19.3 Å². The van der Waals surface area contributed by atoms with Gasteiger partial charge in [-0.3, -0.25) is 14.4 Å². The number of ketones is 2. The van der Waals surface area contributed by atoms with Crippen LogP contribution in [-0.2, 0) is 18.9 Å². The van der Waals surface area contributed by atoms with Gasteiger partial charge in [-0.15, -0.1) is 0 Å². The standard InChI is InChI=1S/C22H41O5P3/c1-4-22(2,3)20(25)14-13-17-16(18(23)15-19(17)24)11-9-7-5-6-8-10-12-21(26)27-30(28)29/h16-17,19,24H,4-15,28-29H2,1-3H3/t16?,17-,19?/m1/s1. The van der Waals surface area contributed by atoms with Crippen molar-refractivity contribution in [3.05, 3.63) is 0 Å². The van der Waals surface area contributed by atoms with E-state index in [1.165, 1.54) is 0 Å². The average Bonchev–Trinajstić information content (AvgIpc) is 2.93. The van der Waals surface area contributed by atoms with Gasteiger partial charge in [0.25, 0.3) is 0 Å². The van der Waals surface area contributed by atoms with Crippen molar-refractivity contribution in [1.82, 2.24) is 0 Å². The maximum atomic E-state index is 12.4. The monoisotopic (exact) mass is 478 g/mol. The van der Waals surface area contributed by atoms with Crippen LogP contribution in [0.1, 0.15) is 97.8 Å². The molecule has 8 heteroatoms. The molecule has 1 saturated carbocycles. The molecule has 1 fully saturated rings. The van der Waals surface area contributed by atoms with Crippen LogP contribution < -0.4 is 0 Å². The zero-order valence-electron chi connectivity index (χ0n) is 18.9. The summed E-state index contributed by atoms with van der Waals surface area (Å²) in [5.74, 6) is 0.0962. The summed E-state index contributed by atoms with van der Waals surface area (Å²) in [4.78, 5) is 36.3. The Morgan fingerprint density at radius 1 is 1.07 bits per heavy atom. The molecule has 5 nitrogen and oxygen atoms in total. The Hall–Kier alpha value is 0.0600. The van der Waals surface area contributed by atoms with Gasteiger partial charge in [-0.1, -0.05) is 70.7 Å². The number of aliphatic hydroxyl groups excluding tert-OH is 1. The van der Waals surface area contributed by atoms with E-state index in [1.807, 2.05) is 20.8 Å². The molecule has 30 heavy (non-hydrogen) atoms. The lowest BCUT2D eigenvalue weighted by Gasteiger charge is -2.24. The van der Waals surface area contributed by atoms with Crippen LogP contribution in [0.4, 0.5) is 0 Å². The van der Waals surface area contributed by atoms with Crippen molar-refractivity contribution >= 4 is 42.9 Å². The average molecular weight is 478 g/mol. The Morgan fingerprint density at radius 3 is 2.27 bits per heavy atom. The van der Waals surface area contributed by atoms with Gasteiger partial charge in [0.2, 0.25) is 0 Å². The zero-order chi connectivity index (χ0) is 22.7. The van der Waals surface area contributed by atoms with Crippen molar-refractivity contribution in [2.75, 3.05) is 0 Å². The molecule has 5 atom stereocenters. The van der Waals surface area contributed by atoms with Gasteiger partial charge >= 0.3 is 5.97 Å². The van der Waals surface area contributed by atoms with Gasteiger partial charge in [0.1, 0.15) is 19.1 Å². The summed E-state index contributed by atoms with van der Waals surface area (Å²) in [5, 5.41) is 10.3. The molecule has 1 aliphatic rings. The van der Waals surface area contributed by atoms with Crippen molar-refractivity contribution in [3.63, 3.8) is 0 Å². The van der Waals surface area contributed by atoms with Crippen molar-refractivity contribution in [3.8, 4) is 0 Å². The molecule has 0 aromatic heterocycles. The third-order valence-corrected chi connectivity index (χ3v) is 7.58. The minimum absolute atomic E-state index is 0.0703. The number of carbonyl (C=O) groups is 3. The van der Waals surface area contributed by atoms with Crippen molar-refractivity contribution in [2.24, 2.45) is 17.3 Å². The molecule has 1 rings (SSSR count). The van der Waals surface area contributed by atoms with Crippen LogP contribution in [0.2, 0.25) is 0 Å². The second kappa shape index (κ2) is 14.3. The minimum atomic E-state index is -0.782. The number of Topliss-reactive ketones (excluding diaryl/α,β-unsaturated/α-hetero) is 2. The third kappa shape index (κ3) is 10.1. The number of carbonyl (C=O) groups excluding carboxylic acids is 3. The molecule has 0 saturated heterocycles. The van der Waals surface area contributed by atoms with Crippen molar-refractivity contribution < 1.29 is 24.0 Å². The summed E-state index contributed by atoms with van der Waals surface area (Å²) in [6.07, 6.45) is 8.87. The van der Waals surface area contributed by atoms with Crippen LogP contribution in [0, 0.1) is 17.3 Å². The van der Waals surface area contributed by atoms with Crippen LogP contribution in [-0.4, -0.2) is 28.7 Å². The lowest BCUT2D eigenvalue weighted by atomic mass is 9.79. The summed E-state index contributed by atoms with van der Waals surface area (Å²) < 4.78 is 5.12. The zero-order valence-corrected chi connectivity index (χ0v) is 22.1. The predicted octanol–water partition coefficient (Wildman–Crippen LogP) is 5.98. The van der Waals surface area contributed by atoms with Crippen LogP contribution in [0.25, 0.3) is 0 Å². The normalized spacial score (nSPS) is 22.0. The Balaban J connectivity index is 2.26. The van der Waals surface area contributed by atoms with E-state index in [0.717, 1.165) is 51.4 Å². The molecule has 1 aliphatic carbocycles. The summed E-state index contributed by atoms with van der Waals surface area (Å²) in [5.41, 5.74) is -0.326. The number of aliphatic hydroxyl groups is 1. The lowest BCUT2D eigenvalue weighted by molar-refractivity contribution is -0.133. The van der Waals surface area contributed by atoms with E-state index in [9.17, 15) is 19.5 Å². The van der Waals surface area contributed by atoms with Gasteiger partial charge in [-0.2, -0.15) is 0 Å². The Bertz CT molecular complexity index is 565. The summed E-state index contributed by atoms with van der Waals surface area (Å²) >= 11 is 0. The van der Waals surface area contributed by atoms with Gasteiger partial charge in [0.15, 0.2) is 0 Å². The topological polar surface area (TPSA) is 80.7 Å². The first-order chi connectivity index (χ1) is 14.1. The van der Waals surface area contributed by atoms with Gasteiger partial charge in [-0.25, -0.2) is 0 Å². The fourth-order valence-corrected chi connectivity index (χ4v) is 5.15. The maximum Gasteiger partial charge on any atom is 0.309 e. The number of unbranched alkanes of at least 4 members (excludes halogenated alkanes) is 5. The molecule has 0 heterocycles. The molecule has 0 aromatic rings. The molecule has 0 radical (unpaired) electrons. The number of hydrogen-bond donors (Lipinski definition) is 1. The maximum absolute atomic E-state index is 12.4. The first-order valence-corrected chi connectivity index (χ1v) is 15.8. The molecule has 4 unspecified atom stereocenters. The van der Waals surface area contributed by atoms with Gasteiger partial charge in [0.05, 0.1) is 6.10 Å². The van der Waals surface area contributed by atoms with Crippen LogP contribution in [0.3, 0.4) is 0 Å². The van der Waals surface area contributed by atoms with Crippen LogP contribution in [0.15, 0.2) is 0 Å². The van der Waals surface area contributed by atoms with E-state index < -0.39 is 13.6 Å². The largest absolute Gasteiger partial charge is 0.437 e. The first-order valence-electron chi connectivity index (χ1n) is 11.3. The lowest BCUT2D eigenvalue weighted by Crippen LogP contribution is -2.27. The molecule has 0 aliphatic heterocycles. The van der Waals surface area contributed by atoms with E-state index in [-0.39, 0.29) is 41.2 Å². The van der Waals surface area contributed by atoms with Crippen molar-refractivity contribution in [2.45, 2.75) is 104 Å². The van der Waals surface area contributed by atoms with Crippen LogP contribution in [0.5, 0.6) is 0 Å². The highest BCUT2D eigenvalue weighted by atomic mass is 32.4. The summed E-state index contributed by atoms with van der Waals surface area (Å²) in [7, 11) is 4.18.